The van der Waals surface area contributed by atoms with Gasteiger partial charge < -0.3 is 0 Å². The van der Waals surface area contributed by atoms with E-state index in [-0.39, 0.29) is 0 Å². The van der Waals surface area contributed by atoms with Gasteiger partial charge in [0.05, 0.1) is 5.71 Å². The van der Waals surface area contributed by atoms with Crippen LogP contribution in [-0.2, 0) is 0 Å². The van der Waals surface area contributed by atoms with Crippen LogP contribution in [0.4, 0.5) is 0 Å². The molecule has 0 amide bonds. The lowest BCUT2D eigenvalue weighted by molar-refractivity contribution is 0.892. The van der Waals surface area contributed by atoms with Crippen molar-refractivity contribution in [2.45, 2.75) is 41.0 Å². The Balaban J connectivity index is 4.71. The van der Waals surface area contributed by atoms with Gasteiger partial charge >= 0.3 is 0 Å². The van der Waals surface area contributed by atoms with Gasteiger partial charge in [-0.3, -0.25) is 4.99 Å². The fraction of sp³-hybridized carbons (Fsp3) is 0.636. The molecule has 0 aromatic carbocycles. The Morgan fingerprint density at radius 2 is 1.92 bits per heavy atom. The molecule has 13 heavy (non-hydrogen) atoms. The molecule has 0 saturated carbocycles. The summed E-state index contributed by atoms with van der Waals surface area (Å²) in [6.45, 7) is 10.4. The van der Waals surface area contributed by atoms with Crippen molar-refractivity contribution in [3.8, 4) is 0 Å². The van der Waals surface area contributed by atoms with Crippen molar-refractivity contribution in [2.75, 3.05) is 0 Å². The first kappa shape index (κ1) is 12.5. The van der Waals surface area contributed by atoms with Gasteiger partial charge in [0.1, 0.15) is 0 Å². The molecule has 0 aromatic rings. The molecule has 0 atom stereocenters. The highest BCUT2D eigenvalue weighted by Gasteiger charge is 2.08. The summed E-state index contributed by atoms with van der Waals surface area (Å²) >= 11 is 5.24. The average molecular weight is 197 g/mol. The first-order chi connectivity index (χ1) is 5.99. The molecule has 0 aromatic heterocycles. The maximum Gasteiger partial charge on any atom is 0.0567 e. The second-order valence-electron chi connectivity index (χ2n) is 3.65. The number of nitrogens with zero attached hydrogens (tertiary/aromatic N) is 1. The fourth-order valence-corrected chi connectivity index (χ4v) is 1.21. The summed E-state index contributed by atoms with van der Waals surface area (Å²) in [5.41, 5.74) is 2.26. The number of aliphatic imine (C=N–C) groups is 1. The Kier molecular flexibility index (Phi) is 5.80. The summed E-state index contributed by atoms with van der Waals surface area (Å²) in [5, 5.41) is 0. The minimum atomic E-state index is 0.419. The van der Waals surface area contributed by atoms with Crippen molar-refractivity contribution in [1.82, 2.24) is 0 Å². The van der Waals surface area contributed by atoms with E-state index in [1.54, 1.807) is 0 Å². The number of allylic oxidation sites excluding steroid dienone is 1. The molecule has 0 aliphatic rings. The standard InChI is InChI=1S/C11H19NS/c1-6-10(13)11(9(4)5)12-7-8(2)3/h7,9H,6H2,1-5H3. The van der Waals surface area contributed by atoms with Crippen molar-refractivity contribution in [1.29, 1.82) is 0 Å². The molecule has 0 fully saturated rings. The molecule has 0 spiro atoms. The number of hydrogen-bond acceptors (Lipinski definition) is 2. The summed E-state index contributed by atoms with van der Waals surface area (Å²) in [4.78, 5) is 5.39. The zero-order valence-electron chi connectivity index (χ0n) is 9.22. The number of hydrogen-bond donors (Lipinski definition) is 0. The molecule has 74 valence electrons. The van der Waals surface area contributed by atoms with E-state index in [4.69, 9.17) is 12.2 Å². The van der Waals surface area contributed by atoms with Crippen LogP contribution >= 0.6 is 12.2 Å². The minimum Gasteiger partial charge on any atom is -0.260 e. The molecule has 1 nitrogen and oxygen atoms in total. The molecule has 0 heterocycles. The van der Waals surface area contributed by atoms with Crippen LogP contribution in [-0.4, -0.2) is 10.6 Å². The Bertz CT molecular complexity index is 232. The average Bonchev–Trinajstić information content (AvgIpc) is 2.03. The second-order valence-corrected chi connectivity index (χ2v) is 4.15. The van der Waals surface area contributed by atoms with Crippen molar-refractivity contribution in [3.05, 3.63) is 11.8 Å². The highest BCUT2D eigenvalue weighted by Crippen LogP contribution is 2.04. The van der Waals surface area contributed by atoms with Crippen LogP contribution < -0.4 is 0 Å². The third-order valence-corrected chi connectivity index (χ3v) is 2.11. The lowest BCUT2D eigenvalue weighted by atomic mass is 10.0. The van der Waals surface area contributed by atoms with Crippen LogP contribution in [0.5, 0.6) is 0 Å². The van der Waals surface area contributed by atoms with Gasteiger partial charge in [0.15, 0.2) is 0 Å². The zero-order valence-corrected chi connectivity index (χ0v) is 10.0. The molecule has 0 aliphatic carbocycles. The summed E-state index contributed by atoms with van der Waals surface area (Å²) in [5.74, 6) is 0.419. The van der Waals surface area contributed by atoms with Crippen molar-refractivity contribution < 1.29 is 0 Å². The molecule has 0 N–H and O–H groups in total. The second kappa shape index (κ2) is 6.03. The van der Waals surface area contributed by atoms with E-state index in [0.717, 1.165) is 17.0 Å². The maximum atomic E-state index is 5.24. The predicted molar refractivity (Wildman–Crippen MR) is 64.6 cm³/mol. The number of rotatable bonds is 4. The topological polar surface area (TPSA) is 12.4 Å². The van der Waals surface area contributed by atoms with Gasteiger partial charge in [-0.15, -0.1) is 0 Å². The summed E-state index contributed by atoms with van der Waals surface area (Å²) in [6, 6.07) is 0. The first-order valence-electron chi connectivity index (χ1n) is 4.73. The molecule has 2 heteroatoms. The molecule has 0 saturated heterocycles. The Hall–Kier alpha value is -0.500. The molecule has 0 radical (unpaired) electrons. The van der Waals surface area contributed by atoms with E-state index in [9.17, 15) is 0 Å². The maximum absolute atomic E-state index is 5.24. The van der Waals surface area contributed by atoms with Crippen LogP contribution in [0.2, 0.25) is 0 Å². The summed E-state index contributed by atoms with van der Waals surface area (Å²) in [7, 11) is 0. The first-order valence-corrected chi connectivity index (χ1v) is 5.14. The Morgan fingerprint density at radius 3 is 2.23 bits per heavy atom. The van der Waals surface area contributed by atoms with E-state index < -0.39 is 0 Å². The highest BCUT2D eigenvalue weighted by molar-refractivity contribution is 7.82. The fourth-order valence-electron chi connectivity index (χ4n) is 0.923. The van der Waals surface area contributed by atoms with Crippen molar-refractivity contribution in [2.24, 2.45) is 10.9 Å². The van der Waals surface area contributed by atoms with Crippen LogP contribution in [0.3, 0.4) is 0 Å². The molecular formula is C11H19NS. The molecule has 0 rings (SSSR count). The highest BCUT2D eigenvalue weighted by atomic mass is 32.1. The van der Waals surface area contributed by atoms with E-state index >= 15 is 0 Å². The van der Waals surface area contributed by atoms with Gasteiger partial charge in [-0.05, 0) is 26.2 Å². The molecule has 0 bridgehead atoms. The Labute approximate surface area is 87.0 Å². The van der Waals surface area contributed by atoms with Gasteiger partial charge in [-0.25, -0.2) is 0 Å². The van der Waals surface area contributed by atoms with Crippen LogP contribution in [0.25, 0.3) is 0 Å². The largest absolute Gasteiger partial charge is 0.260 e. The normalized spacial score (nSPS) is 11.7. The van der Waals surface area contributed by atoms with Crippen LogP contribution in [0, 0.1) is 5.92 Å². The summed E-state index contributed by atoms with van der Waals surface area (Å²) in [6.07, 6.45) is 2.79. The van der Waals surface area contributed by atoms with Crippen molar-refractivity contribution >= 4 is 22.8 Å². The molecule has 0 aliphatic heterocycles. The third kappa shape index (κ3) is 4.94. The quantitative estimate of drug-likeness (QED) is 0.493. The van der Waals surface area contributed by atoms with Gasteiger partial charge in [0.2, 0.25) is 0 Å². The lowest BCUT2D eigenvalue weighted by Gasteiger charge is -2.08. The molecule has 0 unspecified atom stereocenters. The van der Waals surface area contributed by atoms with E-state index in [0.29, 0.717) is 5.92 Å². The Morgan fingerprint density at radius 1 is 1.38 bits per heavy atom. The monoisotopic (exact) mass is 197 g/mol. The third-order valence-electron chi connectivity index (χ3n) is 1.62. The van der Waals surface area contributed by atoms with Gasteiger partial charge in [0.25, 0.3) is 0 Å². The van der Waals surface area contributed by atoms with E-state index in [2.05, 4.69) is 25.8 Å². The van der Waals surface area contributed by atoms with Crippen LogP contribution in [0.15, 0.2) is 16.8 Å². The molecular weight excluding hydrogens is 178 g/mol. The van der Waals surface area contributed by atoms with E-state index in [1.165, 1.54) is 5.57 Å². The SMILES string of the molecule is CCC(=S)C(=NC=C(C)C)C(C)C. The lowest BCUT2D eigenvalue weighted by Crippen LogP contribution is -2.17. The van der Waals surface area contributed by atoms with Crippen molar-refractivity contribution in [3.63, 3.8) is 0 Å². The zero-order chi connectivity index (χ0) is 10.4. The van der Waals surface area contributed by atoms with Crippen LogP contribution in [0.1, 0.15) is 41.0 Å². The number of thiocarbonyl (C=S) groups is 1. The minimum absolute atomic E-state index is 0.419. The van der Waals surface area contributed by atoms with Gasteiger partial charge in [-0.1, -0.05) is 38.6 Å². The summed E-state index contributed by atoms with van der Waals surface area (Å²) < 4.78 is 0. The van der Waals surface area contributed by atoms with Gasteiger partial charge in [-0.2, -0.15) is 0 Å². The predicted octanol–water partition coefficient (Wildman–Crippen LogP) is 3.79. The van der Waals surface area contributed by atoms with E-state index in [1.807, 2.05) is 20.0 Å². The smallest absolute Gasteiger partial charge is 0.0567 e. The van der Waals surface area contributed by atoms with Gasteiger partial charge in [0, 0.05) is 11.1 Å².